The van der Waals surface area contributed by atoms with Crippen molar-refractivity contribution in [1.29, 1.82) is 5.41 Å². The molecule has 0 spiro atoms. The van der Waals surface area contributed by atoms with E-state index in [1.54, 1.807) is 7.11 Å². The Bertz CT molecular complexity index is 465. The monoisotopic (exact) mass is 275 g/mol. The van der Waals surface area contributed by atoms with Crippen molar-refractivity contribution in [3.05, 3.63) is 29.3 Å². The Morgan fingerprint density at radius 1 is 1.40 bits per heavy atom. The first-order valence-corrected chi connectivity index (χ1v) is 7.37. The van der Waals surface area contributed by atoms with Crippen LogP contribution < -0.4 is 10.5 Å². The van der Waals surface area contributed by atoms with Gasteiger partial charge < -0.3 is 10.5 Å². The number of amidine groups is 1. The van der Waals surface area contributed by atoms with Crippen LogP contribution in [0, 0.1) is 11.3 Å². The second-order valence-corrected chi connectivity index (χ2v) is 5.58. The van der Waals surface area contributed by atoms with Gasteiger partial charge in [-0.1, -0.05) is 19.4 Å². The lowest BCUT2D eigenvalue weighted by molar-refractivity contribution is 0.175. The molecule has 0 bridgehead atoms. The van der Waals surface area contributed by atoms with Gasteiger partial charge in [-0.05, 0) is 49.5 Å². The highest BCUT2D eigenvalue weighted by molar-refractivity contribution is 5.97. The number of nitrogens with two attached hydrogens (primary N) is 1. The number of likely N-dealkylation sites (tertiary alicyclic amines) is 1. The van der Waals surface area contributed by atoms with Crippen molar-refractivity contribution in [2.45, 2.75) is 32.7 Å². The van der Waals surface area contributed by atoms with Crippen LogP contribution in [0.1, 0.15) is 37.3 Å². The van der Waals surface area contributed by atoms with Crippen LogP contribution in [0.2, 0.25) is 0 Å². The molecule has 0 aliphatic carbocycles. The number of nitrogens with one attached hydrogen (secondary N) is 1. The Morgan fingerprint density at radius 3 is 2.65 bits per heavy atom. The van der Waals surface area contributed by atoms with Crippen LogP contribution in [0.5, 0.6) is 5.75 Å². The van der Waals surface area contributed by atoms with Crippen LogP contribution in [-0.4, -0.2) is 30.9 Å². The first-order valence-electron chi connectivity index (χ1n) is 7.37. The fourth-order valence-electron chi connectivity index (χ4n) is 2.87. The average Bonchev–Trinajstić information content (AvgIpc) is 2.48. The third-order valence-corrected chi connectivity index (χ3v) is 4.24. The molecule has 1 saturated heterocycles. The standard InChI is InChI=1S/C16H25N3O/c1-3-12-6-8-19(9-7-12)11-13-4-5-15(20-2)14(10-13)16(17)18/h4-5,10,12H,3,6-9,11H2,1-2H3,(H3,17,18). The van der Waals surface area contributed by atoms with E-state index >= 15 is 0 Å². The summed E-state index contributed by atoms with van der Waals surface area (Å²) >= 11 is 0. The number of hydrogen-bond acceptors (Lipinski definition) is 3. The lowest BCUT2D eigenvalue weighted by Crippen LogP contribution is -2.33. The lowest BCUT2D eigenvalue weighted by Gasteiger charge is -2.31. The van der Waals surface area contributed by atoms with Gasteiger partial charge >= 0.3 is 0 Å². The fourth-order valence-corrected chi connectivity index (χ4v) is 2.87. The Hall–Kier alpha value is -1.55. The molecule has 3 N–H and O–H groups in total. The van der Waals surface area contributed by atoms with Gasteiger partial charge in [0.2, 0.25) is 0 Å². The number of hydrogen-bond donors (Lipinski definition) is 2. The van der Waals surface area contributed by atoms with Gasteiger partial charge in [0, 0.05) is 6.54 Å². The SMILES string of the molecule is CCC1CCN(Cc2ccc(OC)c(C(=N)N)c2)CC1. The van der Waals surface area contributed by atoms with Crippen LogP contribution in [0.15, 0.2) is 18.2 Å². The third kappa shape index (κ3) is 3.51. The van der Waals surface area contributed by atoms with Crippen LogP contribution in [0.3, 0.4) is 0 Å². The maximum absolute atomic E-state index is 7.63. The van der Waals surface area contributed by atoms with E-state index in [-0.39, 0.29) is 5.84 Å². The van der Waals surface area contributed by atoms with E-state index in [1.165, 1.54) is 37.9 Å². The van der Waals surface area contributed by atoms with Crippen LogP contribution in [0.4, 0.5) is 0 Å². The van der Waals surface area contributed by atoms with E-state index in [0.717, 1.165) is 12.5 Å². The summed E-state index contributed by atoms with van der Waals surface area (Å²) in [7, 11) is 1.61. The summed E-state index contributed by atoms with van der Waals surface area (Å²) in [5.74, 6) is 1.63. The molecule has 0 aromatic heterocycles. The molecule has 110 valence electrons. The molecule has 2 rings (SSSR count). The molecule has 1 fully saturated rings. The zero-order valence-electron chi connectivity index (χ0n) is 12.5. The highest BCUT2D eigenvalue weighted by Gasteiger charge is 2.18. The Kier molecular flexibility index (Phi) is 5.01. The highest BCUT2D eigenvalue weighted by Crippen LogP contribution is 2.23. The molecule has 0 radical (unpaired) electrons. The molecule has 0 unspecified atom stereocenters. The van der Waals surface area contributed by atoms with E-state index in [4.69, 9.17) is 15.9 Å². The Labute approximate surface area is 121 Å². The number of ether oxygens (including phenoxy) is 1. The number of nitrogen functional groups attached to an aromatic ring is 1. The summed E-state index contributed by atoms with van der Waals surface area (Å²) in [6, 6.07) is 5.95. The summed E-state index contributed by atoms with van der Waals surface area (Å²) in [5, 5.41) is 7.63. The molecule has 4 heteroatoms. The van der Waals surface area contributed by atoms with Gasteiger partial charge in [-0.2, -0.15) is 0 Å². The van der Waals surface area contributed by atoms with E-state index in [1.807, 2.05) is 12.1 Å². The molecular weight excluding hydrogens is 250 g/mol. The Morgan fingerprint density at radius 2 is 2.10 bits per heavy atom. The van der Waals surface area contributed by atoms with Crippen LogP contribution in [0.25, 0.3) is 0 Å². The first kappa shape index (κ1) is 14.9. The van der Waals surface area contributed by atoms with Crippen LogP contribution in [-0.2, 0) is 6.54 Å². The molecule has 0 amide bonds. The van der Waals surface area contributed by atoms with E-state index in [2.05, 4.69) is 17.9 Å². The quantitative estimate of drug-likeness (QED) is 0.641. The van der Waals surface area contributed by atoms with Gasteiger partial charge in [-0.15, -0.1) is 0 Å². The van der Waals surface area contributed by atoms with Gasteiger partial charge in [0.25, 0.3) is 0 Å². The van der Waals surface area contributed by atoms with Gasteiger partial charge in [-0.3, -0.25) is 10.3 Å². The average molecular weight is 275 g/mol. The minimum Gasteiger partial charge on any atom is -0.496 e. The summed E-state index contributed by atoms with van der Waals surface area (Å²) in [5.41, 5.74) is 7.51. The lowest BCUT2D eigenvalue weighted by atomic mass is 9.94. The zero-order valence-corrected chi connectivity index (χ0v) is 12.5. The molecule has 1 aliphatic rings. The molecule has 0 saturated carbocycles. The summed E-state index contributed by atoms with van der Waals surface area (Å²) in [6.45, 7) is 5.55. The molecule has 20 heavy (non-hydrogen) atoms. The molecule has 4 nitrogen and oxygen atoms in total. The minimum atomic E-state index is 0.0633. The van der Waals surface area contributed by atoms with Crippen molar-refractivity contribution < 1.29 is 4.74 Å². The van der Waals surface area contributed by atoms with Crippen molar-refractivity contribution in [3.8, 4) is 5.75 Å². The third-order valence-electron chi connectivity index (χ3n) is 4.24. The predicted octanol–water partition coefficient (Wildman–Crippen LogP) is 2.60. The number of rotatable bonds is 5. The van der Waals surface area contributed by atoms with Crippen molar-refractivity contribution >= 4 is 5.84 Å². The molecular formula is C16H25N3O. The van der Waals surface area contributed by atoms with Gasteiger partial charge in [-0.25, -0.2) is 0 Å². The van der Waals surface area contributed by atoms with Crippen molar-refractivity contribution in [2.24, 2.45) is 11.7 Å². The number of methoxy groups -OCH3 is 1. The molecule has 1 aliphatic heterocycles. The molecule has 1 aromatic carbocycles. The van der Waals surface area contributed by atoms with Crippen molar-refractivity contribution in [3.63, 3.8) is 0 Å². The summed E-state index contributed by atoms with van der Waals surface area (Å²) in [4.78, 5) is 2.48. The zero-order chi connectivity index (χ0) is 14.5. The van der Waals surface area contributed by atoms with Gasteiger partial charge in [0.15, 0.2) is 0 Å². The number of nitrogens with zero attached hydrogens (tertiary/aromatic N) is 1. The predicted molar refractivity (Wildman–Crippen MR) is 82.3 cm³/mol. The maximum atomic E-state index is 7.63. The first-order chi connectivity index (χ1) is 9.63. The van der Waals surface area contributed by atoms with E-state index in [9.17, 15) is 0 Å². The van der Waals surface area contributed by atoms with Crippen LogP contribution >= 0.6 is 0 Å². The largest absolute Gasteiger partial charge is 0.496 e. The van der Waals surface area contributed by atoms with E-state index < -0.39 is 0 Å². The second kappa shape index (κ2) is 6.75. The molecule has 1 aromatic rings. The maximum Gasteiger partial charge on any atom is 0.129 e. The van der Waals surface area contributed by atoms with Gasteiger partial charge in [0.1, 0.15) is 11.6 Å². The normalized spacial score (nSPS) is 17.1. The molecule has 1 heterocycles. The van der Waals surface area contributed by atoms with E-state index in [0.29, 0.717) is 11.3 Å². The summed E-state index contributed by atoms with van der Waals surface area (Å²) in [6.07, 6.45) is 3.89. The minimum absolute atomic E-state index is 0.0633. The Balaban J connectivity index is 2.03. The molecule has 0 atom stereocenters. The number of benzene rings is 1. The number of piperidine rings is 1. The second-order valence-electron chi connectivity index (χ2n) is 5.58. The topological polar surface area (TPSA) is 62.3 Å². The van der Waals surface area contributed by atoms with Crippen molar-refractivity contribution in [1.82, 2.24) is 4.90 Å². The highest BCUT2D eigenvalue weighted by atomic mass is 16.5. The van der Waals surface area contributed by atoms with Gasteiger partial charge in [0.05, 0.1) is 12.7 Å². The summed E-state index contributed by atoms with van der Waals surface area (Å²) < 4.78 is 5.25. The fraction of sp³-hybridized carbons (Fsp3) is 0.562. The van der Waals surface area contributed by atoms with Crippen molar-refractivity contribution in [2.75, 3.05) is 20.2 Å². The smallest absolute Gasteiger partial charge is 0.129 e.